The Labute approximate surface area is 135 Å². The zero-order chi connectivity index (χ0) is 15.4. The Morgan fingerprint density at radius 3 is 2.05 bits per heavy atom. The second-order valence-corrected chi connectivity index (χ2v) is 4.35. The van der Waals surface area contributed by atoms with Gasteiger partial charge >= 0.3 is 0 Å². The normalized spacial score (nSPS) is 8.38. The summed E-state index contributed by atoms with van der Waals surface area (Å²) in [5.74, 6) is -0.0906. The first-order valence-electron chi connectivity index (χ1n) is 5.72. The molecule has 0 unspecified atom stereocenters. The SMILES string of the molecule is C.NC(O)=S.O=C(NCCCNC(O)=S)c1ccccc1. The van der Waals surface area contributed by atoms with E-state index in [1.54, 1.807) is 12.1 Å². The van der Waals surface area contributed by atoms with Gasteiger partial charge < -0.3 is 26.6 Å². The van der Waals surface area contributed by atoms with Crippen LogP contribution in [-0.4, -0.2) is 39.6 Å². The van der Waals surface area contributed by atoms with Gasteiger partial charge in [0.05, 0.1) is 0 Å². The van der Waals surface area contributed by atoms with Crippen LogP contribution in [0.15, 0.2) is 30.3 Å². The van der Waals surface area contributed by atoms with E-state index in [4.69, 9.17) is 10.2 Å². The number of benzene rings is 1. The number of rotatable bonds is 5. The van der Waals surface area contributed by atoms with Gasteiger partial charge in [0.15, 0.2) is 0 Å². The number of thiocarbonyl (C=S) groups is 2. The lowest BCUT2D eigenvalue weighted by atomic mass is 10.2. The van der Waals surface area contributed by atoms with E-state index in [9.17, 15) is 4.79 Å². The van der Waals surface area contributed by atoms with E-state index in [0.29, 0.717) is 25.1 Å². The lowest BCUT2D eigenvalue weighted by molar-refractivity contribution is 0.0953. The van der Waals surface area contributed by atoms with Gasteiger partial charge in [0, 0.05) is 18.7 Å². The maximum atomic E-state index is 11.5. The van der Waals surface area contributed by atoms with Gasteiger partial charge in [-0.05, 0) is 43.0 Å². The molecule has 0 heterocycles. The molecule has 1 amide bonds. The molecule has 1 rings (SSSR count). The van der Waals surface area contributed by atoms with Crippen molar-refractivity contribution < 1.29 is 15.0 Å². The lowest BCUT2D eigenvalue weighted by Crippen LogP contribution is -2.28. The van der Waals surface area contributed by atoms with Gasteiger partial charge in [0.25, 0.3) is 16.3 Å². The molecule has 1 aromatic carbocycles. The van der Waals surface area contributed by atoms with Crippen molar-refractivity contribution in [3.8, 4) is 0 Å². The smallest absolute Gasteiger partial charge is 0.254 e. The number of aliphatic hydroxyl groups is 2. The Morgan fingerprint density at radius 2 is 1.57 bits per heavy atom. The van der Waals surface area contributed by atoms with Crippen molar-refractivity contribution in [1.82, 2.24) is 10.6 Å². The van der Waals surface area contributed by atoms with Crippen molar-refractivity contribution in [2.24, 2.45) is 5.73 Å². The number of carbonyl (C=O) groups excluding carboxylic acids is 1. The first-order valence-corrected chi connectivity index (χ1v) is 6.53. The van der Waals surface area contributed by atoms with Crippen molar-refractivity contribution in [2.75, 3.05) is 13.1 Å². The Kier molecular flexibility index (Phi) is 13.3. The third-order valence-corrected chi connectivity index (χ3v) is 2.10. The van der Waals surface area contributed by atoms with Gasteiger partial charge in [0.2, 0.25) is 0 Å². The van der Waals surface area contributed by atoms with Crippen LogP contribution < -0.4 is 16.4 Å². The number of hydrogen-bond donors (Lipinski definition) is 5. The van der Waals surface area contributed by atoms with E-state index in [1.165, 1.54) is 0 Å². The van der Waals surface area contributed by atoms with Crippen molar-refractivity contribution in [3.63, 3.8) is 0 Å². The lowest BCUT2D eigenvalue weighted by Gasteiger charge is -2.05. The highest BCUT2D eigenvalue weighted by Crippen LogP contribution is 1.97. The molecule has 1 aromatic rings. The zero-order valence-corrected chi connectivity index (χ0v) is 12.3. The molecular formula is C13H21N3O3S2. The topological polar surface area (TPSA) is 108 Å². The summed E-state index contributed by atoms with van der Waals surface area (Å²) in [5, 5.41) is 20.9. The van der Waals surface area contributed by atoms with Gasteiger partial charge in [-0.3, -0.25) is 4.79 Å². The number of nitrogens with one attached hydrogen (secondary N) is 2. The van der Waals surface area contributed by atoms with Crippen molar-refractivity contribution >= 4 is 40.7 Å². The van der Waals surface area contributed by atoms with Crippen molar-refractivity contribution in [2.45, 2.75) is 13.8 Å². The number of hydrogen-bond acceptors (Lipinski definition) is 3. The van der Waals surface area contributed by atoms with Gasteiger partial charge in [-0.1, -0.05) is 25.6 Å². The van der Waals surface area contributed by atoms with Gasteiger partial charge in [-0.2, -0.15) is 0 Å². The Bertz CT molecular complexity index is 438. The van der Waals surface area contributed by atoms with Crippen LogP contribution in [-0.2, 0) is 0 Å². The van der Waals surface area contributed by atoms with Crippen LogP contribution >= 0.6 is 24.4 Å². The molecule has 0 aromatic heterocycles. The third-order valence-electron chi connectivity index (χ3n) is 1.95. The van der Waals surface area contributed by atoms with Crippen LogP contribution in [0.4, 0.5) is 0 Å². The molecule has 0 aliphatic rings. The summed E-state index contributed by atoms with van der Waals surface area (Å²) < 4.78 is 0. The van der Waals surface area contributed by atoms with Gasteiger partial charge in [-0.15, -0.1) is 0 Å². The highest BCUT2D eigenvalue weighted by atomic mass is 32.1. The van der Waals surface area contributed by atoms with Crippen LogP contribution in [0.5, 0.6) is 0 Å². The average molecular weight is 331 g/mol. The predicted octanol–water partition coefficient (Wildman–Crippen LogP) is 1.66. The zero-order valence-electron chi connectivity index (χ0n) is 10.7. The van der Waals surface area contributed by atoms with E-state index < -0.39 is 5.17 Å². The molecule has 21 heavy (non-hydrogen) atoms. The minimum absolute atomic E-state index is 0. The summed E-state index contributed by atoms with van der Waals surface area (Å²) in [6.07, 6.45) is 0.708. The minimum Gasteiger partial charge on any atom is -0.487 e. The summed E-state index contributed by atoms with van der Waals surface area (Å²) in [4.78, 5) is 11.5. The molecule has 6 N–H and O–H groups in total. The summed E-state index contributed by atoms with van der Waals surface area (Å²) in [5.41, 5.74) is 5.04. The van der Waals surface area contributed by atoms with Crippen LogP contribution in [0.3, 0.4) is 0 Å². The molecule has 0 atom stereocenters. The molecule has 0 bridgehead atoms. The van der Waals surface area contributed by atoms with Crippen LogP contribution in [0.2, 0.25) is 0 Å². The maximum absolute atomic E-state index is 11.5. The average Bonchev–Trinajstić information content (AvgIpc) is 2.38. The fraction of sp³-hybridized carbons (Fsp3) is 0.308. The number of carbonyl (C=O) groups is 1. The summed E-state index contributed by atoms with van der Waals surface area (Å²) >= 11 is 8.30. The highest BCUT2D eigenvalue weighted by molar-refractivity contribution is 7.80. The Morgan fingerprint density at radius 1 is 1.10 bits per heavy atom. The van der Waals surface area contributed by atoms with Gasteiger partial charge in [0.1, 0.15) is 0 Å². The molecule has 0 radical (unpaired) electrons. The van der Waals surface area contributed by atoms with E-state index in [0.717, 1.165) is 0 Å². The molecule has 0 spiro atoms. The quantitative estimate of drug-likeness (QED) is 0.412. The predicted molar refractivity (Wildman–Crippen MR) is 92.8 cm³/mol. The second kappa shape index (κ2) is 13.1. The Hall–Kier alpha value is -1.93. The number of amides is 1. The molecular weight excluding hydrogens is 310 g/mol. The van der Waals surface area contributed by atoms with E-state index in [-0.39, 0.29) is 18.5 Å². The number of nitrogens with two attached hydrogens (primary N) is 1. The standard InChI is InChI=1S/C11H14N2O2S.CH3NOS.CH4/c14-10(9-5-2-1-3-6-9)12-7-4-8-13-11(15)16;2-1(3)4;/h1-3,5-6H,4,7-8H2,(H,12,14)(H2,13,15,16);(H3,2,3,4);1H4. The van der Waals surface area contributed by atoms with Crippen LogP contribution in [0.1, 0.15) is 24.2 Å². The molecule has 0 fully saturated rings. The molecule has 6 nitrogen and oxygen atoms in total. The monoisotopic (exact) mass is 331 g/mol. The first-order chi connectivity index (χ1) is 9.43. The summed E-state index contributed by atoms with van der Waals surface area (Å²) in [7, 11) is 0. The maximum Gasteiger partial charge on any atom is 0.254 e. The minimum atomic E-state index is -0.500. The van der Waals surface area contributed by atoms with Crippen molar-refractivity contribution in [1.29, 1.82) is 0 Å². The van der Waals surface area contributed by atoms with E-state index >= 15 is 0 Å². The summed E-state index contributed by atoms with van der Waals surface area (Å²) in [6.45, 7) is 1.09. The fourth-order valence-electron chi connectivity index (χ4n) is 1.18. The molecule has 118 valence electrons. The molecule has 0 saturated carbocycles. The molecule has 0 aliphatic carbocycles. The van der Waals surface area contributed by atoms with E-state index in [2.05, 4.69) is 40.8 Å². The summed E-state index contributed by atoms with van der Waals surface area (Å²) in [6, 6.07) is 9.02. The van der Waals surface area contributed by atoms with Crippen LogP contribution in [0.25, 0.3) is 0 Å². The second-order valence-electron chi connectivity index (χ2n) is 3.55. The third kappa shape index (κ3) is 14.3. The highest BCUT2D eigenvalue weighted by Gasteiger charge is 2.02. The number of aliphatic hydroxyl groups excluding tert-OH is 2. The first kappa shape index (κ1) is 21.4. The van der Waals surface area contributed by atoms with E-state index in [1.807, 2.05) is 18.2 Å². The largest absolute Gasteiger partial charge is 0.487 e. The fourth-order valence-corrected chi connectivity index (χ4v) is 1.28. The Balaban J connectivity index is 0. The van der Waals surface area contributed by atoms with Crippen LogP contribution in [0, 0.1) is 0 Å². The van der Waals surface area contributed by atoms with Gasteiger partial charge in [-0.25, -0.2) is 0 Å². The van der Waals surface area contributed by atoms with Crippen molar-refractivity contribution in [3.05, 3.63) is 35.9 Å². The molecule has 0 saturated heterocycles. The molecule has 0 aliphatic heterocycles. The molecule has 8 heteroatoms.